The van der Waals surface area contributed by atoms with Gasteiger partial charge in [-0.05, 0) is 49.2 Å². The van der Waals surface area contributed by atoms with Crippen molar-refractivity contribution in [1.29, 1.82) is 0 Å². The molecule has 0 bridgehead atoms. The van der Waals surface area contributed by atoms with E-state index in [1.165, 1.54) is 31.2 Å². The third kappa shape index (κ3) is 10.3. The highest BCUT2D eigenvalue weighted by atomic mass is 16.7. The number of aliphatic carboxylic acids is 1. The predicted octanol–water partition coefficient (Wildman–Crippen LogP) is 1.13. The lowest BCUT2D eigenvalue weighted by molar-refractivity contribution is -0.271. The molecule has 13 heteroatoms. The first kappa shape index (κ1) is 33.5. The van der Waals surface area contributed by atoms with Gasteiger partial charge in [-0.1, -0.05) is 31.0 Å². The quantitative estimate of drug-likeness (QED) is 0.161. The second-order valence-corrected chi connectivity index (χ2v) is 10.2. The molecule has 0 radical (unpaired) electrons. The van der Waals surface area contributed by atoms with Crippen molar-refractivity contribution in [3.63, 3.8) is 0 Å². The van der Waals surface area contributed by atoms with Gasteiger partial charge in [0.25, 0.3) is 5.91 Å². The Labute approximate surface area is 249 Å². The van der Waals surface area contributed by atoms with Crippen LogP contribution in [0.25, 0.3) is 0 Å². The second-order valence-electron chi connectivity index (χ2n) is 10.2. The lowest BCUT2D eigenvalue weighted by Crippen LogP contribution is -2.61. The van der Waals surface area contributed by atoms with E-state index in [0.29, 0.717) is 24.3 Å². The van der Waals surface area contributed by atoms with Gasteiger partial charge in [-0.25, -0.2) is 4.79 Å². The number of hydrogen-bond acceptors (Lipinski definition) is 9. The van der Waals surface area contributed by atoms with Crippen LogP contribution in [-0.4, -0.2) is 99.4 Å². The van der Waals surface area contributed by atoms with Crippen molar-refractivity contribution in [3.8, 4) is 5.75 Å². The topological polar surface area (TPSA) is 195 Å². The van der Waals surface area contributed by atoms with Gasteiger partial charge in [0.15, 0.2) is 6.10 Å². The van der Waals surface area contributed by atoms with Crippen molar-refractivity contribution in [3.05, 3.63) is 60.2 Å². The zero-order valence-electron chi connectivity index (χ0n) is 23.9. The Hall–Kier alpha value is -4.04. The normalized spacial score (nSPS) is 21.4. The summed E-state index contributed by atoms with van der Waals surface area (Å²) in [4.78, 5) is 49.5. The number of carboxylic acids is 1. The number of anilines is 1. The van der Waals surface area contributed by atoms with E-state index in [1.807, 2.05) is 18.2 Å². The number of unbranched alkanes of at least 4 members (excludes halogenated alkanes) is 3. The fourth-order valence-electron chi connectivity index (χ4n) is 4.46. The molecular weight excluding hydrogens is 562 g/mol. The number of nitrogens with one attached hydrogen (secondary N) is 2. The van der Waals surface area contributed by atoms with Crippen LogP contribution in [0.15, 0.2) is 54.6 Å². The van der Waals surface area contributed by atoms with Crippen LogP contribution in [-0.2, 0) is 19.1 Å². The summed E-state index contributed by atoms with van der Waals surface area (Å²) in [7, 11) is 0. The molecule has 0 aliphatic carbocycles. The minimum atomic E-state index is -1.82. The molecule has 13 nitrogen and oxygen atoms in total. The van der Waals surface area contributed by atoms with Crippen molar-refractivity contribution in [2.45, 2.75) is 69.7 Å². The standard InChI is InChI=1S/C30H39N3O10/c1-19(34)33(17-8-3-2-7-16-31-28(39)20-9-5-4-6-10-20)18-15-23(35)32-21-11-13-22(14-12-21)42-30-26(38)24(36)25(37)27(43-30)29(40)41/h4-6,9-14,24-27,30,36-38H,2-3,7-8,15-18H2,1H3,(H,31,39)(H,32,35)(H,40,41). The number of ether oxygens (including phenoxy) is 2. The minimum Gasteiger partial charge on any atom is -0.479 e. The van der Waals surface area contributed by atoms with Crippen LogP contribution in [0, 0.1) is 0 Å². The molecule has 6 N–H and O–H groups in total. The number of carboxylic acid groups (broad SMARTS) is 1. The Kier molecular flexibility index (Phi) is 12.9. The molecule has 0 aromatic heterocycles. The number of hydrogen-bond donors (Lipinski definition) is 6. The zero-order valence-corrected chi connectivity index (χ0v) is 23.9. The lowest BCUT2D eigenvalue weighted by Gasteiger charge is -2.38. The van der Waals surface area contributed by atoms with Crippen LogP contribution in [0.5, 0.6) is 5.75 Å². The SMILES string of the molecule is CC(=O)N(CCCCCCNC(=O)c1ccccc1)CCC(=O)Nc1ccc(OC2OC(C(=O)O)C(O)C(O)C2O)cc1. The first-order valence-corrected chi connectivity index (χ1v) is 14.1. The molecule has 1 saturated heterocycles. The molecule has 5 atom stereocenters. The van der Waals surface area contributed by atoms with Gasteiger partial charge >= 0.3 is 5.97 Å². The van der Waals surface area contributed by atoms with E-state index < -0.39 is 36.7 Å². The van der Waals surface area contributed by atoms with Crippen LogP contribution < -0.4 is 15.4 Å². The fraction of sp³-hybridized carbons (Fsp3) is 0.467. The van der Waals surface area contributed by atoms with Crippen LogP contribution in [0.2, 0.25) is 0 Å². The maximum absolute atomic E-state index is 12.5. The Morgan fingerprint density at radius 1 is 0.860 bits per heavy atom. The van der Waals surface area contributed by atoms with E-state index in [2.05, 4.69) is 10.6 Å². The number of carbonyl (C=O) groups is 4. The number of rotatable bonds is 15. The van der Waals surface area contributed by atoms with Crippen LogP contribution in [0.1, 0.15) is 49.4 Å². The fourth-order valence-corrected chi connectivity index (χ4v) is 4.46. The highest BCUT2D eigenvalue weighted by Gasteiger charge is 2.48. The average molecular weight is 602 g/mol. The summed E-state index contributed by atoms with van der Waals surface area (Å²) >= 11 is 0. The van der Waals surface area contributed by atoms with E-state index in [9.17, 15) is 34.5 Å². The van der Waals surface area contributed by atoms with Crippen molar-refractivity contribution >= 4 is 29.4 Å². The van der Waals surface area contributed by atoms with Crippen LogP contribution in [0.4, 0.5) is 5.69 Å². The molecule has 1 aliphatic rings. The van der Waals surface area contributed by atoms with Crippen LogP contribution >= 0.6 is 0 Å². The third-order valence-corrected chi connectivity index (χ3v) is 6.93. The number of carbonyl (C=O) groups excluding carboxylic acids is 3. The van der Waals surface area contributed by atoms with Gasteiger partial charge in [0.2, 0.25) is 18.1 Å². The predicted molar refractivity (Wildman–Crippen MR) is 154 cm³/mol. The number of nitrogens with zero attached hydrogens (tertiary/aromatic N) is 1. The lowest BCUT2D eigenvalue weighted by atomic mass is 9.99. The van der Waals surface area contributed by atoms with E-state index in [1.54, 1.807) is 17.0 Å². The van der Waals surface area contributed by atoms with Gasteiger partial charge in [0.1, 0.15) is 24.1 Å². The summed E-state index contributed by atoms with van der Waals surface area (Å²) < 4.78 is 10.5. The van der Waals surface area contributed by atoms with E-state index in [0.717, 1.165) is 25.7 Å². The van der Waals surface area contributed by atoms with Gasteiger partial charge < -0.3 is 45.4 Å². The molecular formula is C30H39N3O10. The summed E-state index contributed by atoms with van der Waals surface area (Å²) in [5.74, 6) is -1.88. The van der Waals surface area contributed by atoms with Crippen molar-refractivity contribution in [1.82, 2.24) is 10.2 Å². The number of aliphatic hydroxyl groups excluding tert-OH is 3. The molecule has 5 unspecified atom stereocenters. The first-order chi connectivity index (χ1) is 20.6. The molecule has 0 saturated carbocycles. The molecule has 2 aromatic carbocycles. The monoisotopic (exact) mass is 601 g/mol. The largest absolute Gasteiger partial charge is 0.479 e. The molecule has 0 spiro atoms. The molecule has 1 aliphatic heterocycles. The summed E-state index contributed by atoms with van der Waals surface area (Å²) in [6.45, 7) is 2.81. The Balaban J connectivity index is 1.35. The van der Waals surface area contributed by atoms with Gasteiger partial charge in [-0.3, -0.25) is 14.4 Å². The van der Waals surface area contributed by atoms with E-state index in [4.69, 9.17) is 14.6 Å². The molecule has 2 aromatic rings. The molecule has 1 fully saturated rings. The third-order valence-electron chi connectivity index (χ3n) is 6.93. The molecule has 3 rings (SSSR count). The summed E-state index contributed by atoms with van der Waals surface area (Å²) in [5, 5.41) is 44.5. The highest BCUT2D eigenvalue weighted by molar-refractivity contribution is 5.94. The van der Waals surface area contributed by atoms with Crippen molar-refractivity contribution in [2.75, 3.05) is 25.0 Å². The first-order valence-electron chi connectivity index (χ1n) is 14.1. The Morgan fingerprint density at radius 3 is 2.19 bits per heavy atom. The highest BCUT2D eigenvalue weighted by Crippen LogP contribution is 2.25. The van der Waals surface area contributed by atoms with Gasteiger partial charge in [-0.2, -0.15) is 0 Å². The van der Waals surface area contributed by atoms with Crippen LogP contribution in [0.3, 0.4) is 0 Å². The summed E-state index contributed by atoms with van der Waals surface area (Å²) in [5.41, 5.74) is 1.07. The summed E-state index contributed by atoms with van der Waals surface area (Å²) in [6.07, 6.45) is -5.16. The Bertz CT molecular complexity index is 1210. The van der Waals surface area contributed by atoms with Gasteiger partial charge in [0, 0.05) is 44.2 Å². The van der Waals surface area contributed by atoms with Gasteiger partial charge in [0.05, 0.1) is 0 Å². The molecule has 43 heavy (non-hydrogen) atoms. The average Bonchev–Trinajstić information content (AvgIpc) is 2.99. The second kappa shape index (κ2) is 16.6. The molecule has 234 valence electrons. The Morgan fingerprint density at radius 2 is 1.53 bits per heavy atom. The van der Waals surface area contributed by atoms with E-state index >= 15 is 0 Å². The minimum absolute atomic E-state index is 0.0856. The molecule has 1 heterocycles. The smallest absolute Gasteiger partial charge is 0.335 e. The van der Waals surface area contributed by atoms with Gasteiger partial charge in [-0.15, -0.1) is 0 Å². The molecule has 3 amide bonds. The number of aliphatic hydroxyl groups is 3. The maximum Gasteiger partial charge on any atom is 0.335 e. The summed E-state index contributed by atoms with van der Waals surface area (Å²) in [6, 6.07) is 15.0. The number of benzene rings is 2. The van der Waals surface area contributed by atoms with Crippen molar-refractivity contribution < 1.29 is 49.1 Å². The maximum atomic E-state index is 12.5. The number of amides is 3. The van der Waals surface area contributed by atoms with E-state index in [-0.39, 0.29) is 36.4 Å². The van der Waals surface area contributed by atoms with Crippen molar-refractivity contribution in [2.24, 2.45) is 0 Å². The zero-order chi connectivity index (χ0) is 31.4.